The molecule has 0 aromatic rings. The highest BCUT2D eigenvalue weighted by Crippen LogP contribution is 2.22. The van der Waals surface area contributed by atoms with Gasteiger partial charge in [-0.1, -0.05) is 6.92 Å². The van der Waals surface area contributed by atoms with Gasteiger partial charge in [-0.15, -0.1) is 0 Å². The molecule has 0 bridgehead atoms. The summed E-state index contributed by atoms with van der Waals surface area (Å²) in [6.07, 6.45) is 0.799. The molecule has 1 saturated heterocycles. The lowest BCUT2D eigenvalue weighted by molar-refractivity contribution is -0.137. The Morgan fingerprint density at radius 2 is 2.00 bits per heavy atom. The standard InChI is InChI=1S/C11H21NO5S/c1-3-12(9(2)8-11(13)14)18(15,16)10-4-6-17-7-5-10/h9-10H,3-8H2,1-2H3,(H,13,14). The quantitative estimate of drug-likeness (QED) is 0.773. The summed E-state index contributed by atoms with van der Waals surface area (Å²) in [7, 11) is -3.43. The molecule has 1 N–H and O–H groups in total. The maximum atomic E-state index is 12.4. The van der Waals surface area contributed by atoms with Gasteiger partial charge in [0, 0.05) is 25.8 Å². The van der Waals surface area contributed by atoms with Crippen molar-refractivity contribution in [2.24, 2.45) is 0 Å². The van der Waals surface area contributed by atoms with Gasteiger partial charge >= 0.3 is 5.97 Å². The first-order chi connectivity index (χ1) is 8.39. The lowest BCUT2D eigenvalue weighted by Crippen LogP contribution is -2.46. The van der Waals surface area contributed by atoms with E-state index in [1.807, 2.05) is 0 Å². The molecule has 7 heteroatoms. The van der Waals surface area contributed by atoms with Crippen molar-refractivity contribution in [1.82, 2.24) is 4.31 Å². The van der Waals surface area contributed by atoms with Gasteiger partial charge in [-0.05, 0) is 19.8 Å². The number of sulfonamides is 1. The summed E-state index contributed by atoms with van der Waals surface area (Å²) < 4.78 is 31.3. The second kappa shape index (κ2) is 6.49. The van der Waals surface area contributed by atoms with Crippen molar-refractivity contribution in [2.75, 3.05) is 19.8 Å². The van der Waals surface area contributed by atoms with E-state index in [0.29, 0.717) is 32.6 Å². The number of carboxylic acids is 1. The predicted molar refractivity (Wildman–Crippen MR) is 66.9 cm³/mol. The fourth-order valence-corrected chi connectivity index (χ4v) is 4.37. The zero-order chi connectivity index (χ0) is 13.8. The fraction of sp³-hybridized carbons (Fsp3) is 0.909. The molecule has 18 heavy (non-hydrogen) atoms. The maximum Gasteiger partial charge on any atom is 0.304 e. The Balaban J connectivity index is 2.81. The maximum absolute atomic E-state index is 12.4. The Kier molecular flexibility index (Phi) is 5.55. The van der Waals surface area contributed by atoms with Gasteiger partial charge in [0.25, 0.3) is 0 Å². The minimum absolute atomic E-state index is 0.170. The molecule has 1 aliphatic heterocycles. The Labute approximate surface area is 108 Å². The van der Waals surface area contributed by atoms with E-state index in [-0.39, 0.29) is 6.42 Å². The van der Waals surface area contributed by atoms with Gasteiger partial charge < -0.3 is 9.84 Å². The number of aliphatic carboxylic acids is 1. The first-order valence-corrected chi connectivity index (χ1v) is 7.70. The Morgan fingerprint density at radius 1 is 1.44 bits per heavy atom. The smallest absolute Gasteiger partial charge is 0.304 e. The molecule has 0 amide bonds. The molecule has 0 aromatic carbocycles. The lowest BCUT2D eigenvalue weighted by Gasteiger charge is -2.32. The molecule has 1 unspecified atom stereocenters. The molecule has 0 aromatic heterocycles. The molecular weight excluding hydrogens is 258 g/mol. The number of ether oxygens (including phenoxy) is 1. The van der Waals surface area contributed by atoms with Crippen LogP contribution in [0.4, 0.5) is 0 Å². The number of carbonyl (C=O) groups is 1. The van der Waals surface area contributed by atoms with Crippen molar-refractivity contribution in [3.8, 4) is 0 Å². The zero-order valence-electron chi connectivity index (χ0n) is 10.8. The number of nitrogens with zero attached hydrogens (tertiary/aromatic N) is 1. The monoisotopic (exact) mass is 279 g/mol. The van der Waals surface area contributed by atoms with E-state index in [1.54, 1.807) is 13.8 Å². The van der Waals surface area contributed by atoms with Crippen LogP contribution in [0.2, 0.25) is 0 Å². The van der Waals surface area contributed by atoms with Gasteiger partial charge in [0.2, 0.25) is 10.0 Å². The van der Waals surface area contributed by atoms with Crippen molar-refractivity contribution in [2.45, 2.75) is 44.4 Å². The summed E-state index contributed by atoms with van der Waals surface area (Å²) in [6.45, 7) is 4.57. The average Bonchev–Trinajstić information content (AvgIpc) is 2.29. The van der Waals surface area contributed by atoms with Crippen LogP contribution < -0.4 is 0 Å². The van der Waals surface area contributed by atoms with Crippen molar-refractivity contribution < 1.29 is 23.1 Å². The van der Waals surface area contributed by atoms with Crippen LogP contribution in [0.1, 0.15) is 33.1 Å². The molecule has 1 fully saturated rings. The molecule has 1 aliphatic rings. The summed E-state index contributed by atoms with van der Waals surface area (Å²) >= 11 is 0. The summed E-state index contributed by atoms with van der Waals surface area (Å²) in [5.74, 6) is -0.983. The SMILES string of the molecule is CCN(C(C)CC(=O)O)S(=O)(=O)C1CCOCC1. The topological polar surface area (TPSA) is 83.9 Å². The van der Waals surface area contributed by atoms with Gasteiger partial charge in [-0.3, -0.25) is 4.79 Å². The fourth-order valence-electron chi connectivity index (χ4n) is 2.26. The third kappa shape index (κ3) is 3.66. The molecule has 0 radical (unpaired) electrons. The lowest BCUT2D eigenvalue weighted by atomic mass is 10.2. The molecule has 6 nitrogen and oxygen atoms in total. The van der Waals surface area contributed by atoms with Gasteiger partial charge in [0.15, 0.2) is 0 Å². The number of rotatable bonds is 6. The van der Waals surface area contributed by atoms with Crippen LogP contribution in [-0.4, -0.2) is 54.8 Å². The van der Waals surface area contributed by atoms with Crippen LogP contribution in [0.15, 0.2) is 0 Å². The average molecular weight is 279 g/mol. The summed E-state index contributed by atoms with van der Waals surface area (Å²) in [5, 5.41) is 8.32. The van der Waals surface area contributed by atoms with E-state index in [4.69, 9.17) is 9.84 Å². The van der Waals surface area contributed by atoms with E-state index in [2.05, 4.69) is 0 Å². The van der Waals surface area contributed by atoms with Crippen molar-refractivity contribution in [1.29, 1.82) is 0 Å². The molecule has 106 valence electrons. The highest BCUT2D eigenvalue weighted by molar-refractivity contribution is 7.89. The van der Waals surface area contributed by atoms with Crippen LogP contribution in [0.25, 0.3) is 0 Å². The van der Waals surface area contributed by atoms with E-state index < -0.39 is 27.3 Å². The largest absolute Gasteiger partial charge is 0.481 e. The molecule has 0 saturated carbocycles. The van der Waals surface area contributed by atoms with Crippen LogP contribution in [-0.2, 0) is 19.6 Å². The number of carboxylic acid groups (broad SMARTS) is 1. The van der Waals surface area contributed by atoms with E-state index in [1.165, 1.54) is 4.31 Å². The van der Waals surface area contributed by atoms with Gasteiger partial charge in [0.05, 0.1) is 11.7 Å². The van der Waals surface area contributed by atoms with E-state index in [9.17, 15) is 13.2 Å². The molecule has 0 spiro atoms. The third-order valence-corrected chi connectivity index (χ3v) is 5.78. The summed E-state index contributed by atoms with van der Waals surface area (Å²) in [6, 6.07) is -0.514. The Morgan fingerprint density at radius 3 is 2.44 bits per heavy atom. The van der Waals surface area contributed by atoms with Gasteiger partial charge in [0.1, 0.15) is 0 Å². The molecule has 1 atom stereocenters. The third-order valence-electron chi connectivity index (χ3n) is 3.19. The van der Waals surface area contributed by atoms with Crippen molar-refractivity contribution in [3.05, 3.63) is 0 Å². The van der Waals surface area contributed by atoms with Crippen LogP contribution in [0.5, 0.6) is 0 Å². The summed E-state index contributed by atoms with van der Waals surface area (Å²) in [4.78, 5) is 10.7. The number of hydrogen-bond donors (Lipinski definition) is 1. The second-order valence-electron chi connectivity index (χ2n) is 4.51. The Hall–Kier alpha value is -0.660. The first kappa shape index (κ1) is 15.4. The van der Waals surface area contributed by atoms with E-state index >= 15 is 0 Å². The minimum Gasteiger partial charge on any atom is -0.481 e. The second-order valence-corrected chi connectivity index (χ2v) is 6.67. The predicted octanol–water partition coefficient (Wildman–Crippen LogP) is 0.680. The molecule has 1 rings (SSSR count). The van der Waals surface area contributed by atoms with Crippen LogP contribution >= 0.6 is 0 Å². The van der Waals surface area contributed by atoms with E-state index in [0.717, 1.165) is 0 Å². The molecule has 0 aliphatic carbocycles. The normalized spacial score (nSPS) is 19.9. The molecular formula is C11H21NO5S. The molecule has 1 heterocycles. The number of hydrogen-bond acceptors (Lipinski definition) is 4. The first-order valence-electron chi connectivity index (χ1n) is 6.19. The van der Waals surface area contributed by atoms with Gasteiger partial charge in [-0.2, -0.15) is 4.31 Å². The zero-order valence-corrected chi connectivity index (χ0v) is 11.6. The van der Waals surface area contributed by atoms with Crippen molar-refractivity contribution >= 4 is 16.0 Å². The Bertz CT molecular complexity index is 375. The van der Waals surface area contributed by atoms with Crippen LogP contribution in [0, 0.1) is 0 Å². The van der Waals surface area contributed by atoms with Crippen molar-refractivity contribution in [3.63, 3.8) is 0 Å². The minimum atomic E-state index is -3.43. The summed E-state index contributed by atoms with van der Waals surface area (Å²) in [5.41, 5.74) is 0. The highest BCUT2D eigenvalue weighted by atomic mass is 32.2. The van der Waals surface area contributed by atoms with Gasteiger partial charge in [-0.25, -0.2) is 8.42 Å². The van der Waals surface area contributed by atoms with Crippen LogP contribution in [0.3, 0.4) is 0 Å². The highest BCUT2D eigenvalue weighted by Gasteiger charge is 2.35.